The number of nitrogens with two attached hydrogens (primary N) is 1. The predicted octanol–water partition coefficient (Wildman–Crippen LogP) is -0.543. The van der Waals surface area contributed by atoms with Crippen molar-refractivity contribution in [1.82, 2.24) is 10.6 Å². The molecule has 2 amide bonds. The van der Waals surface area contributed by atoms with E-state index in [2.05, 4.69) is 10.6 Å². The van der Waals surface area contributed by atoms with Gasteiger partial charge in [-0.05, 0) is 31.8 Å². The molecule has 1 heterocycles. The van der Waals surface area contributed by atoms with Crippen LogP contribution < -0.4 is 16.4 Å². The number of amides is 2. The Morgan fingerprint density at radius 1 is 1.45 bits per heavy atom. The van der Waals surface area contributed by atoms with Gasteiger partial charge in [-0.15, -0.1) is 0 Å². The predicted molar refractivity (Wildman–Crippen MR) is 72.8 cm³/mol. The topological polar surface area (TPSA) is 122 Å². The van der Waals surface area contributed by atoms with Crippen molar-refractivity contribution >= 4 is 17.8 Å². The van der Waals surface area contributed by atoms with E-state index >= 15 is 0 Å². The Kier molecular flexibility index (Phi) is 5.50. The van der Waals surface area contributed by atoms with Gasteiger partial charge in [0.05, 0.1) is 6.42 Å². The molecule has 1 fully saturated rings. The molecule has 1 unspecified atom stereocenters. The van der Waals surface area contributed by atoms with Crippen LogP contribution >= 0.6 is 0 Å². The van der Waals surface area contributed by atoms with Crippen molar-refractivity contribution < 1.29 is 19.5 Å². The summed E-state index contributed by atoms with van der Waals surface area (Å²) in [6.45, 7) is 5.26. The molecule has 7 heteroatoms. The molecule has 0 bridgehead atoms. The molecule has 1 saturated heterocycles. The maximum absolute atomic E-state index is 12.3. The third-order valence-corrected chi connectivity index (χ3v) is 3.91. The Morgan fingerprint density at radius 3 is 2.55 bits per heavy atom. The molecule has 0 aliphatic carbocycles. The van der Waals surface area contributed by atoms with Crippen LogP contribution in [0, 0.1) is 11.3 Å². The van der Waals surface area contributed by atoms with Crippen LogP contribution in [0.5, 0.6) is 0 Å². The Hall–Kier alpha value is -1.63. The first-order chi connectivity index (χ1) is 9.25. The molecule has 20 heavy (non-hydrogen) atoms. The summed E-state index contributed by atoms with van der Waals surface area (Å²) < 4.78 is 0. The number of aliphatic carboxylic acids is 1. The third kappa shape index (κ3) is 4.19. The number of primary amides is 1. The van der Waals surface area contributed by atoms with E-state index in [1.807, 2.05) is 0 Å². The minimum Gasteiger partial charge on any atom is -0.480 e. The Morgan fingerprint density at radius 2 is 2.10 bits per heavy atom. The minimum absolute atomic E-state index is 0.138. The van der Waals surface area contributed by atoms with E-state index in [0.717, 1.165) is 25.9 Å². The average molecular weight is 285 g/mol. The maximum Gasteiger partial charge on any atom is 0.326 e. The Balaban J connectivity index is 2.70. The fraction of sp³-hybridized carbons (Fsp3) is 0.769. The lowest BCUT2D eigenvalue weighted by Gasteiger charge is -2.36. The van der Waals surface area contributed by atoms with Gasteiger partial charge < -0.3 is 21.5 Å². The average Bonchev–Trinajstić information content (AvgIpc) is 2.38. The first-order valence-electron chi connectivity index (χ1n) is 6.78. The summed E-state index contributed by atoms with van der Waals surface area (Å²) >= 11 is 0. The summed E-state index contributed by atoms with van der Waals surface area (Å²) in [6, 6.07) is -1.27. The Bertz CT molecular complexity index is 389. The van der Waals surface area contributed by atoms with Crippen LogP contribution in [-0.2, 0) is 14.4 Å². The third-order valence-electron chi connectivity index (χ3n) is 3.91. The van der Waals surface area contributed by atoms with Crippen molar-refractivity contribution in [2.24, 2.45) is 17.1 Å². The van der Waals surface area contributed by atoms with E-state index in [4.69, 9.17) is 10.8 Å². The highest BCUT2D eigenvalue weighted by molar-refractivity contribution is 5.90. The molecule has 0 aromatic heterocycles. The molecule has 1 aliphatic rings. The van der Waals surface area contributed by atoms with Crippen molar-refractivity contribution in [2.45, 2.75) is 39.2 Å². The summed E-state index contributed by atoms with van der Waals surface area (Å²) in [5, 5.41) is 14.7. The van der Waals surface area contributed by atoms with Crippen molar-refractivity contribution in [3.8, 4) is 0 Å². The van der Waals surface area contributed by atoms with Gasteiger partial charge in [0.1, 0.15) is 6.04 Å². The number of carbonyl (C=O) groups is 3. The second kappa shape index (κ2) is 6.69. The second-order valence-electron chi connectivity index (χ2n) is 5.80. The zero-order valence-corrected chi connectivity index (χ0v) is 11.9. The lowest BCUT2D eigenvalue weighted by Crippen LogP contribution is -2.52. The standard InChI is InChI=1S/C13H23N3O4/c1-13(2,8-4-3-5-15-7-8)12(20)16-9(11(18)19)6-10(14)17/h8-9,15H,3-7H2,1-2H3,(H2,14,17)(H,16,20)(H,18,19)/t8?,9-/m0/s1. The van der Waals surface area contributed by atoms with Crippen LogP contribution in [0.2, 0.25) is 0 Å². The van der Waals surface area contributed by atoms with Gasteiger partial charge in [-0.2, -0.15) is 0 Å². The molecule has 5 N–H and O–H groups in total. The van der Waals surface area contributed by atoms with Crippen LogP contribution in [0.1, 0.15) is 33.1 Å². The number of hydrogen-bond donors (Lipinski definition) is 4. The van der Waals surface area contributed by atoms with Crippen LogP contribution in [0.3, 0.4) is 0 Å². The molecule has 2 atom stereocenters. The normalized spacial score (nSPS) is 21.0. The van der Waals surface area contributed by atoms with E-state index < -0.39 is 29.8 Å². The minimum atomic E-state index is -1.27. The van der Waals surface area contributed by atoms with Gasteiger partial charge >= 0.3 is 5.97 Å². The molecule has 0 radical (unpaired) electrons. The highest BCUT2D eigenvalue weighted by Gasteiger charge is 2.39. The second-order valence-corrected chi connectivity index (χ2v) is 5.80. The number of carboxylic acid groups (broad SMARTS) is 1. The summed E-state index contributed by atoms with van der Waals surface area (Å²) in [6.07, 6.45) is 1.51. The molecular weight excluding hydrogens is 262 g/mol. The van der Waals surface area contributed by atoms with Crippen LogP contribution in [0.25, 0.3) is 0 Å². The van der Waals surface area contributed by atoms with E-state index in [1.54, 1.807) is 13.8 Å². The zero-order valence-electron chi connectivity index (χ0n) is 11.9. The molecule has 114 valence electrons. The zero-order chi connectivity index (χ0) is 15.3. The van der Waals surface area contributed by atoms with Crippen molar-refractivity contribution in [1.29, 1.82) is 0 Å². The van der Waals surface area contributed by atoms with Gasteiger partial charge in [0.2, 0.25) is 11.8 Å². The molecule has 1 rings (SSSR count). The molecular formula is C13H23N3O4. The molecule has 7 nitrogen and oxygen atoms in total. The summed E-state index contributed by atoms with van der Waals surface area (Å²) in [5.74, 6) is -2.23. The van der Waals surface area contributed by atoms with E-state index in [-0.39, 0.29) is 11.8 Å². The molecule has 1 aliphatic heterocycles. The first-order valence-corrected chi connectivity index (χ1v) is 6.78. The molecule has 0 aromatic carbocycles. The summed E-state index contributed by atoms with van der Waals surface area (Å²) in [5.41, 5.74) is 4.30. The van der Waals surface area contributed by atoms with Gasteiger partial charge in [0, 0.05) is 5.41 Å². The van der Waals surface area contributed by atoms with E-state index in [0.29, 0.717) is 0 Å². The quantitative estimate of drug-likeness (QED) is 0.522. The van der Waals surface area contributed by atoms with Crippen LogP contribution in [-0.4, -0.2) is 42.0 Å². The number of carboxylic acids is 1. The van der Waals surface area contributed by atoms with Crippen molar-refractivity contribution in [3.05, 3.63) is 0 Å². The monoisotopic (exact) mass is 285 g/mol. The highest BCUT2D eigenvalue weighted by Crippen LogP contribution is 2.32. The fourth-order valence-corrected chi connectivity index (χ4v) is 2.40. The van der Waals surface area contributed by atoms with Gasteiger partial charge in [-0.3, -0.25) is 9.59 Å². The fourth-order valence-electron chi connectivity index (χ4n) is 2.40. The van der Waals surface area contributed by atoms with E-state index in [1.165, 1.54) is 0 Å². The van der Waals surface area contributed by atoms with E-state index in [9.17, 15) is 14.4 Å². The highest BCUT2D eigenvalue weighted by atomic mass is 16.4. The number of piperidine rings is 1. The van der Waals surface area contributed by atoms with Crippen LogP contribution in [0.4, 0.5) is 0 Å². The smallest absolute Gasteiger partial charge is 0.326 e. The molecule has 0 spiro atoms. The lowest BCUT2D eigenvalue weighted by atomic mass is 9.74. The van der Waals surface area contributed by atoms with Gasteiger partial charge in [0.15, 0.2) is 0 Å². The largest absolute Gasteiger partial charge is 0.480 e. The lowest BCUT2D eigenvalue weighted by molar-refractivity contribution is -0.145. The van der Waals surface area contributed by atoms with Gasteiger partial charge in [-0.1, -0.05) is 13.8 Å². The van der Waals surface area contributed by atoms with Crippen molar-refractivity contribution in [2.75, 3.05) is 13.1 Å². The first kappa shape index (κ1) is 16.4. The number of carbonyl (C=O) groups excluding carboxylic acids is 2. The number of hydrogen-bond acceptors (Lipinski definition) is 4. The molecule has 0 aromatic rings. The Labute approximate surface area is 118 Å². The van der Waals surface area contributed by atoms with Gasteiger partial charge in [-0.25, -0.2) is 4.79 Å². The van der Waals surface area contributed by atoms with Gasteiger partial charge in [0.25, 0.3) is 0 Å². The summed E-state index contributed by atoms with van der Waals surface area (Å²) in [7, 11) is 0. The summed E-state index contributed by atoms with van der Waals surface area (Å²) in [4.78, 5) is 34.2. The maximum atomic E-state index is 12.3. The molecule has 0 saturated carbocycles. The SMILES string of the molecule is CC(C)(C(=O)N[C@@H](CC(N)=O)C(=O)O)C1CCCNC1. The van der Waals surface area contributed by atoms with Crippen molar-refractivity contribution in [3.63, 3.8) is 0 Å². The number of rotatable bonds is 6. The number of nitrogens with one attached hydrogen (secondary N) is 2. The van der Waals surface area contributed by atoms with Crippen LogP contribution in [0.15, 0.2) is 0 Å².